The van der Waals surface area contributed by atoms with Crippen LogP contribution in [0.3, 0.4) is 0 Å². The van der Waals surface area contributed by atoms with Gasteiger partial charge in [-0.05, 0) is 25.0 Å². The second kappa shape index (κ2) is 7.09. The summed E-state index contributed by atoms with van der Waals surface area (Å²) in [6.07, 6.45) is 6.88. The van der Waals surface area contributed by atoms with Crippen LogP contribution in [-0.2, 0) is 24.2 Å². The standard InChI is InChI=1S/C14H17NO5S/c1-4-11(12-6-7-21(18,19)9-12)8-13(15-10(3)16)14(17)20-5-2/h1,6-7,9,11,13H,5,8H2,2-3H3,(H,15,16)/t11-,13-/m0/s1. The summed E-state index contributed by atoms with van der Waals surface area (Å²) in [4.78, 5) is 23.0. The van der Waals surface area contributed by atoms with Crippen LogP contribution in [0.1, 0.15) is 20.3 Å². The van der Waals surface area contributed by atoms with Crippen LogP contribution in [0.25, 0.3) is 0 Å². The van der Waals surface area contributed by atoms with Crippen LogP contribution in [0.15, 0.2) is 22.5 Å². The zero-order chi connectivity index (χ0) is 16.0. The number of carbonyl (C=O) groups excluding carboxylic acids is 2. The number of nitrogens with one attached hydrogen (secondary N) is 1. The molecule has 0 aromatic heterocycles. The van der Waals surface area contributed by atoms with Gasteiger partial charge in [0.1, 0.15) is 6.04 Å². The third-order valence-corrected chi connectivity index (χ3v) is 3.89. The average Bonchev–Trinajstić information content (AvgIpc) is 2.74. The number of ether oxygens (including phenoxy) is 1. The van der Waals surface area contributed by atoms with Crippen LogP contribution in [0.5, 0.6) is 0 Å². The number of rotatable bonds is 6. The Hall–Kier alpha value is -2.07. The largest absolute Gasteiger partial charge is 0.464 e. The number of carbonyl (C=O) groups is 2. The Morgan fingerprint density at radius 3 is 2.57 bits per heavy atom. The van der Waals surface area contributed by atoms with Gasteiger partial charge in [0.15, 0.2) is 9.84 Å². The van der Waals surface area contributed by atoms with Gasteiger partial charge in [-0.1, -0.05) is 5.92 Å². The van der Waals surface area contributed by atoms with Crippen LogP contribution in [-0.4, -0.2) is 32.9 Å². The van der Waals surface area contributed by atoms with E-state index < -0.39 is 33.7 Å². The second-order valence-corrected chi connectivity index (χ2v) is 6.16. The van der Waals surface area contributed by atoms with Gasteiger partial charge < -0.3 is 10.1 Å². The number of esters is 1. The minimum absolute atomic E-state index is 0.0700. The van der Waals surface area contributed by atoms with Crippen molar-refractivity contribution in [3.05, 3.63) is 22.5 Å². The summed E-state index contributed by atoms with van der Waals surface area (Å²) in [7, 11) is -3.38. The van der Waals surface area contributed by atoms with Crippen LogP contribution >= 0.6 is 0 Å². The molecule has 0 radical (unpaired) electrons. The molecule has 0 spiro atoms. The van der Waals surface area contributed by atoms with Crippen molar-refractivity contribution in [1.82, 2.24) is 5.32 Å². The zero-order valence-corrected chi connectivity index (χ0v) is 12.6. The van der Waals surface area contributed by atoms with Crippen molar-refractivity contribution in [2.75, 3.05) is 6.61 Å². The van der Waals surface area contributed by atoms with E-state index in [1.54, 1.807) is 6.92 Å². The normalized spacial score (nSPS) is 18.2. The first kappa shape index (κ1) is 17.0. The molecule has 0 unspecified atom stereocenters. The lowest BCUT2D eigenvalue weighted by Gasteiger charge is -2.19. The van der Waals surface area contributed by atoms with E-state index in [0.717, 1.165) is 10.8 Å². The van der Waals surface area contributed by atoms with Gasteiger partial charge in [0.05, 0.1) is 6.61 Å². The van der Waals surface area contributed by atoms with E-state index in [1.165, 1.54) is 13.0 Å². The highest BCUT2D eigenvalue weighted by molar-refractivity contribution is 7.97. The van der Waals surface area contributed by atoms with Gasteiger partial charge in [0, 0.05) is 23.7 Å². The number of amides is 1. The second-order valence-electron chi connectivity index (χ2n) is 4.47. The van der Waals surface area contributed by atoms with E-state index in [-0.39, 0.29) is 13.0 Å². The average molecular weight is 311 g/mol. The van der Waals surface area contributed by atoms with E-state index in [9.17, 15) is 18.0 Å². The molecule has 114 valence electrons. The molecule has 0 saturated carbocycles. The fourth-order valence-corrected chi connectivity index (χ4v) is 2.93. The molecule has 7 heteroatoms. The van der Waals surface area contributed by atoms with E-state index in [4.69, 9.17) is 11.2 Å². The predicted molar refractivity (Wildman–Crippen MR) is 77.3 cm³/mol. The number of allylic oxidation sites excluding steroid dienone is 2. The molecule has 0 aliphatic carbocycles. The first-order valence-corrected chi connectivity index (χ1v) is 7.94. The minimum atomic E-state index is -3.38. The SMILES string of the molecule is C#C[C@@H](C[C@H](NC(C)=O)C(=O)OCC)C1=CS(=O)(=O)C=C1. The predicted octanol–water partition coefficient (Wildman–Crippen LogP) is 0.520. The summed E-state index contributed by atoms with van der Waals surface area (Å²) in [5, 5.41) is 4.57. The van der Waals surface area contributed by atoms with Gasteiger partial charge in [0.25, 0.3) is 0 Å². The maximum absolute atomic E-state index is 11.8. The molecular formula is C14H17NO5S. The highest BCUT2D eigenvalue weighted by Gasteiger charge is 2.27. The van der Waals surface area contributed by atoms with Crippen molar-refractivity contribution in [3.63, 3.8) is 0 Å². The molecule has 2 atom stereocenters. The van der Waals surface area contributed by atoms with Crippen LogP contribution in [0.2, 0.25) is 0 Å². The quantitative estimate of drug-likeness (QED) is 0.570. The summed E-state index contributed by atoms with van der Waals surface area (Å²) in [6, 6.07) is -0.916. The summed E-state index contributed by atoms with van der Waals surface area (Å²) >= 11 is 0. The van der Waals surface area contributed by atoms with E-state index in [2.05, 4.69) is 11.2 Å². The Balaban J connectivity index is 2.90. The molecule has 1 amide bonds. The summed E-state index contributed by atoms with van der Waals surface area (Å²) < 4.78 is 27.6. The van der Waals surface area contributed by atoms with E-state index >= 15 is 0 Å². The summed E-state index contributed by atoms with van der Waals surface area (Å²) in [6.45, 7) is 3.10. The van der Waals surface area contributed by atoms with Gasteiger partial charge in [-0.15, -0.1) is 6.42 Å². The molecule has 1 aliphatic rings. The number of hydrogen-bond donors (Lipinski definition) is 1. The fourth-order valence-electron chi connectivity index (χ4n) is 1.88. The van der Waals surface area contributed by atoms with Gasteiger partial charge in [-0.25, -0.2) is 13.2 Å². The molecule has 0 aromatic carbocycles. The molecular weight excluding hydrogens is 294 g/mol. The van der Waals surface area contributed by atoms with Crippen LogP contribution in [0, 0.1) is 18.3 Å². The van der Waals surface area contributed by atoms with Gasteiger partial charge in [-0.2, -0.15) is 0 Å². The Morgan fingerprint density at radius 2 is 2.14 bits per heavy atom. The third kappa shape index (κ3) is 5.08. The van der Waals surface area contributed by atoms with Gasteiger partial charge in [-0.3, -0.25) is 4.79 Å². The van der Waals surface area contributed by atoms with Gasteiger partial charge in [0.2, 0.25) is 5.91 Å². The van der Waals surface area contributed by atoms with Crippen molar-refractivity contribution >= 4 is 21.7 Å². The van der Waals surface area contributed by atoms with Gasteiger partial charge >= 0.3 is 5.97 Å². The number of hydrogen-bond acceptors (Lipinski definition) is 5. The van der Waals surface area contributed by atoms with Crippen molar-refractivity contribution < 1.29 is 22.7 Å². The summed E-state index contributed by atoms with van der Waals surface area (Å²) in [5.74, 6) is 0.833. The number of terminal acetylenes is 1. The molecule has 0 fully saturated rings. The third-order valence-electron chi connectivity index (χ3n) is 2.77. The molecule has 0 saturated heterocycles. The lowest BCUT2D eigenvalue weighted by atomic mass is 9.93. The monoisotopic (exact) mass is 311 g/mol. The highest BCUT2D eigenvalue weighted by atomic mass is 32.2. The molecule has 21 heavy (non-hydrogen) atoms. The molecule has 1 aliphatic heterocycles. The highest BCUT2D eigenvalue weighted by Crippen LogP contribution is 2.24. The van der Waals surface area contributed by atoms with Crippen molar-refractivity contribution in [2.45, 2.75) is 26.3 Å². The molecule has 6 nitrogen and oxygen atoms in total. The van der Waals surface area contributed by atoms with E-state index in [1.807, 2.05) is 0 Å². The first-order chi connectivity index (χ1) is 9.79. The van der Waals surface area contributed by atoms with Crippen LogP contribution in [0.4, 0.5) is 0 Å². The van der Waals surface area contributed by atoms with Crippen molar-refractivity contribution in [1.29, 1.82) is 0 Å². The van der Waals surface area contributed by atoms with E-state index in [0.29, 0.717) is 5.57 Å². The Kier molecular flexibility index (Phi) is 5.73. The number of sulfone groups is 1. The molecule has 1 rings (SSSR count). The Labute approximate surface area is 124 Å². The fraction of sp³-hybridized carbons (Fsp3) is 0.429. The zero-order valence-electron chi connectivity index (χ0n) is 11.8. The first-order valence-electron chi connectivity index (χ1n) is 6.33. The molecule has 0 aromatic rings. The Morgan fingerprint density at radius 1 is 1.48 bits per heavy atom. The molecule has 1 heterocycles. The van der Waals surface area contributed by atoms with Crippen molar-refractivity contribution in [3.8, 4) is 12.3 Å². The van der Waals surface area contributed by atoms with Crippen molar-refractivity contribution in [2.24, 2.45) is 5.92 Å². The molecule has 0 bridgehead atoms. The lowest BCUT2D eigenvalue weighted by Crippen LogP contribution is -2.42. The molecule has 1 N–H and O–H groups in total. The maximum Gasteiger partial charge on any atom is 0.328 e. The smallest absolute Gasteiger partial charge is 0.328 e. The topological polar surface area (TPSA) is 89.5 Å². The summed E-state index contributed by atoms with van der Waals surface area (Å²) in [5.41, 5.74) is 0.414. The Bertz CT molecular complexity index is 624. The lowest BCUT2D eigenvalue weighted by molar-refractivity contribution is -0.147. The maximum atomic E-state index is 11.8. The van der Waals surface area contributed by atoms with Crippen LogP contribution < -0.4 is 5.32 Å². The minimum Gasteiger partial charge on any atom is -0.464 e.